The Morgan fingerprint density at radius 2 is 1.63 bits per heavy atom. The molecule has 35 heavy (non-hydrogen) atoms. The van der Waals surface area contributed by atoms with Gasteiger partial charge in [-0.2, -0.15) is 12.6 Å². The number of hydrogen-bond donors (Lipinski definition) is 6. The van der Waals surface area contributed by atoms with Crippen LogP contribution >= 0.6 is 12.6 Å². The smallest absolute Gasteiger partial charge is 0.327 e. The number of thiol groups is 1. The monoisotopic (exact) mass is 511 g/mol. The Kier molecular flexibility index (Phi) is 7.89. The SMILES string of the molecule is C[C@H](CCC(=O)N[C@@H](CS)C(=O)O)[C@H]1CC[C@H]2[C@@H]3[C@H](O)[C@H](O)[C@@H]4C[C@H](O)CC[C@]4(C)[C@H]3CC[C@]12C. The predicted molar refractivity (Wildman–Crippen MR) is 136 cm³/mol. The molecule has 12 atom stereocenters. The summed E-state index contributed by atoms with van der Waals surface area (Å²) in [6.45, 7) is 6.86. The van der Waals surface area contributed by atoms with E-state index in [1.54, 1.807) is 0 Å². The maximum absolute atomic E-state index is 12.4. The molecule has 0 spiro atoms. The van der Waals surface area contributed by atoms with Crippen molar-refractivity contribution in [1.82, 2.24) is 5.32 Å². The highest BCUT2D eigenvalue weighted by Gasteiger charge is 2.65. The van der Waals surface area contributed by atoms with Crippen LogP contribution in [0.4, 0.5) is 0 Å². The van der Waals surface area contributed by atoms with Crippen LogP contribution in [-0.4, -0.2) is 62.4 Å². The first kappa shape index (κ1) is 27.2. The van der Waals surface area contributed by atoms with Gasteiger partial charge >= 0.3 is 5.97 Å². The van der Waals surface area contributed by atoms with Gasteiger partial charge in [0.05, 0.1) is 18.3 Å². The summed E-state index contributed by atoms with van der Waals surface area (Å²) in [6, 6.07) is -0.963. The fourth-order valence-corrected chi connectivity index (χ4v) is 9.47. The molecule has 0 heterocycles. The molecule has 5 N–H and O–H groups in total. The van der Waals surface area contributed by atoms with Gasteiger partial charge in [0.25, 0.3) is 0 Å². The van der Waals surface area contributed by atoms with Crippen molar-refractivity contribution in [2.75, 3.05) is 5.75 Å². The first-order chi connectivity index (χ1) is 16.4. The molecule has 0 saturated heterocycles. The fourth-order valence-electron chi connectivity index (χ4n) is 9.23. The maximum Gasteiger partial charge on any atom is 0.327 e. The van der Waals surface area contributed by atoms with Gasteiger partial charge in [-0.15, -0.1) is 0 Å². The van der Waals surface area contributed by atoms with E-state index in [9.17, 15) is 24.9 Å². The Morgan fingerprint density at radius 1 is 0.971 bits per heavy atom. The lowest BCUT2D eigenvalue weighted by Gasteiger charge is -2.63. The van der Waals surface area contributed by atoms with Crippen molar-refractivity contribution in [2.45, 2.75) is 103 Å². The van der Waals surface area contributed by atoms with Crippen molar-refractivity contribution in [1.29, 1.82) is 0 Å². The summed E-state index contributed by atoms with van der Waals surface area (Å²) in [5, 5.41) is 44.6. The van der Waals surface area contributed by atoms with Crippen molar-refractivity contribution in [3.05, 3.63) is 0 Å². The van der Waals surface area contributed by atoms with Crippen LogP contribution in [0, 0.1) is 46.3 Å². The molecular weight excluding hydrogens is 466 g/mol. The molecule has 8 heteroatoms. The summed E-state index contributed by atoms with van der Waals surface area (Å²) < 4.78 is 0. The minimum atomic E-state index is -1.07. The molecule has 0 aliphatic heterocycles. The molecule has 0 aromatic heterocycles. The van der Waals surface area contributed by atoms with Gasteiger partial charge in [0.15, 0.2) is 0 Å². The van der Waals surface area contributed by atoms with Gasteiger partial charge in [-0.1, -0.05) is 20.8 Å². The zero-order valence-corrected chi connectivity index (χ0v) is 22.3. The summed E-state index contributed by atoms with van der Waals surface area (Å²) in [5.74, 6) is 0.236. The summed E-state index contributed by atoms with van der Waals surface area (Å²) >= 11 is 4.02. The number of rotatable bonds is 7. The Hall–Kier alpha value is -0.830. The summed E-state index contributed by atoms with van der Waals surface area (Å²) in [4.78, 5) is 23.6. The minimum Gasteiger partial charge on any atom is -0.480 e. The second kappa shape index (κ2) is 10.1. The molecule has 4 aliphatic carbocycles. The Labute approximate surface area is 214 Å². The topological polar surface area (TPSA) is 127 Å². The molecule has 4 aliphatic rings. The predicted octanol–water partition coefficient (Wildman–Crippen LogP) is 2.86. The van der Waals surface area contributed by atoms with Gasteiger partial charge in [0.2, 0.25) is 5.91 Å². The number of carboxylic acids is 1. The fraction of sp³-hybridized carbons (Fsp3) is 0.926. The lowest BCUT2D eigenvalue weighted by atomic mass is 9.43. The van der Waals surface area contributed by atoms with E-state index in [0.29, 0.717) is 42.9 Å². The van der Waals surface area contributed by atoms with Gasteiger partial charge in [0.1, 0.15) is 6.04 Å². The van der Waals surface area contributed by atoms with E-state index in [2.05, 4.69) is 38.7 Å². The number of carbonyl (C=O) groups excluding carboxylic acids is 1. The van der Waals surface area contributed by atoms with Crippen LogP contribution in [0.15, 0.2) is 0 Å². The van der Waals surface area contributed by atoms with E-state index in [0.717, 1.165) is 38.5 Å². The number of amides is 1. The highest BCUT2D eigenvalue weighted by molar-refractivity contribution is 7.80. The molecule has 1 amide bonds. The first-order valence-electron chi connectivity index (χ1n) is 13.6. The zero-order chi connectivity index (χ0) is 25.7. The van der Waals surface area contributed by atoms with Crippen LogP contribution in [0.3, 0.4) is 0 Å². The molecule has 0 unspecified atom stereocenters. The average molecular weight is 512 g/mol. The molecule has 4 fully saturated rings. The molecule has 0 radical (unpaired) electrons. The van der Waals surface area contributed by atoms with E-state index in [1.807, 2.05) is 0 Å². The van der Waals surface area contributed by atoms with E-state index >= 15 is 0 Å². The number of hydrogen-bond acceptors (Lipinski definition) is 6. The largest absolute Gasteiger partial charge is 0.480 e. The molecule has 0 aromatic rings. The van der Waals surface area contributed by atoms with Gasteiger partial charge in [-0.3, -0.25) is 4.79 Å². The Bertz CT molecular complexity index is 811. The van der Waals surface area contributed by atoms with Crippen LogP contribution in [0.2, 0.25) is 0 Å². The van der Waals surface area contributed by atoms with Crippen molar-refractivity contribution >= 4 is 24.5 Å². The number of carboxylic acid groups (broad SMARTS) is 1. The number of aliphatic hydroxyl groups is 3. The summed E-state index contributed by atoms with van der Waals surface area (Å²) in [7, 11) is 0. The number of nitrogens with one attached hydrogen (secondary N) is 1. The molecular formula is C27H45NO6S. The Morgan fingerprint density at radius 3 is 2.29 bits per heavy atom. The normalized spacial score (nSPS) is 46.6. The van der Waals surface area contributed by atoms with Crippen LogP contribution < -0.4 is 5.32 Å². The first-order valence-corrected chi connectivity index (χ1v) is 14.2. The lowest BCUT2D eigenvalue weighted by Crippen LogP contribution is -2.64. The third-order valence-corrected chi connectivity index (χ3v) is 11.5. The summed E-state index contributed by atoms with van der Waals surface area (Å²) in [6.07, 6.45) is 5.57. The average Bonchev–Trinajstić information content (AvgIpc) is 3.17. The van der Waals surface area contributed by atoms with E-state index < -0.39 is 24.2 Å². The Balaban J connectivity index is 1.45. The van der Waals surface area contributed by atoms with E-state index in [4.69, 9.17) is 5.11 Å². The van der Waals surface area contributed by atoms with Crippen molar-refractivity contribution < 1.29 is 30.0 Å². The molecule has 0 bridgehead atoms. The van der Waals surface area contributed by atoms with Crippen molar-refractivity contribution in [2.24, 2.45) is 46.3 Å². The van der Waals surface area contributed by atoms with E-state index in [1.165, 1.54) is 0 Å². The van der Waals surface area contributed by atoms with Crippen LogP contribution in [0.5, 0.6) is 0 Å². The molecule has 4 saturated carbocycles. The van der Waals surface area contributed by atoms with Crippen LogP contribution in [0.25, 0.3) is 0 Å². The second-order valence-electron chi connectivity index (χ2n) is 12.7. The minimum absolute atomic E-state index is 0.0423. The highest BCUT2D eigenvalue weighted by Crippen LogP contribution is 2.68. The standard InChI is InChI=1S/C27H45NO6S/c1-14(4-7-21(30)28-20(13-35)25(33)34)16-5-6-17-22-18(9-11-26(16,17)2)27(3)10-8-15(29)12-19(27)23(31)24(22)32/h14-20,22-24,29,31-32,35H,4-13H2,1-3H3,(H,28,30)(H,33,34)/t14-,15-,16-,17+,18+,19+,20+,22+,23-,24+,26-,27-/m1/s1. The van der Waals surface area contributed by atoms with E-state index in [-0.39, 0.29) is 40.4 Å². The lowest BCUT2D eigenvalue weighted by molar-refractivity contribution is -0.223. The van der Waals surface area contributed by atoms with Gasteiger partial charge in [-0.25, -0.2) is 4.79 Å². The highest BCUT2D eigenvalue weighted by atomic mass is 32.1. The molecule has 0 aromatic carbocycles. The molecule has 7 nitrogen and oxygen atoms in total. The second-order valence-corrected chi connectivity index (χ2v) is 13.1. The number of fused-ring (bicyclic) bond motifs is 5. The van der Waals surface area contributed by atoms with Crippen molar-refractivity contribution in [3.8, 4) is 0 Å². The molecule has 200 valence electrons. The number of aliphatic carboxylic acids is 1. The number of aliphatic hydroxyl groups excluding tert-OH is 3. The van der Waals surface area contributed by atoms with Gasteiger partial charge in [0, 0.05) is 12.2 Å². The maximum atomic E-state index is 12.4. The number of carbonyl (C=O) groups is 2. The third-order valence-electron chi connectivity index (χ3n) is 11.1. The molecule has 4 rings (SSSR count). The van der Waals surface area contributed by atoms with Crippen molar-refractivity contribution in [3.63, 3.8) is 0 Å². The van der Waals surface area contributed by atoms with Gasteiger partial charge in [-0.05, 0) is 97.7 Å². The van der Waals surface area contributed by atoms with Crippen LogP contribution in [0.1, 0.15) is 78.6 Å². The quantitative estimate of drug-likeness (QED) is 0.292. The third kappa shape index (κ3) is 4.66. The van der Waals surface area contributed by atoms with Crippen LogP contribution in [-0.2, 0) is 9.59 Å². The zero-order valence-electron chi connectivity index (χ0n) is 21.4. The summed E-state index contributed by atoms with van der Waals surface area (Å²) in [5.41, 5.74) is 0.0170. The van der Waals surface area contributed by atoms with Gasteiger partial charge < -0.3 is 25.7 Å².